The summed E-state index contributed by atoms with van der Waals surface area (Å²) in [5.41, 5.74) is 0. The van der Waals surface area contributed by atoms with Gasteiger partial charge in [-0.05, 0) is 6.92 Å². The molecule has 0 atom stereocenters. The molecule has 0 aliphatic heterocycles. The average molecular weight is 132 g/mol. The van der Waals surface area contributed by atoms with E-state index in [1.54, 1.807) is 6.92 Å². The number of carboxylic acids is 1. The van der Waals surface area contributed by atoms with E-state index in [1.165, 1.54) is 6.08 Å². The van der Waals surface area contributed by atoms with Crippen LogP contribution < -0.4 is 0 Å². The van der Waals surface area contributed by atoms with Crippen LogP contribution >= 0.6 is 0 Å². The lowest BCUT2D eigenvalue weighted by atomic mass is 10.5. The maximum atomic E-state index is 9.51. The Hall–Kier alpha value is -1.09. The number of carboxylic acid groups (broad SMARTS) is 1. The molecule has 0 aliphatic carbocycles. The number of rotatable bonds is 1. The molecule has 3 N–H and O–H groups in total. The number of aliphatic carboxylic acids is 1. The molecule has 0 saturated heterocycles. The molecule has 3 heteroatoms. The summed E-state index contributed by atoms with van der Waals surface area (Å²) >= 11 is 0. The van der Waals surface area contributed by atoms with Gasteiger partial charge >= 0.3 is 5.97 Å². The van der Waals surface area contributed by atoms with Crippen LogP contribution in [0.4, 0.5) is 0 Å². The van der Waals surface area contributed by atoms with E-state index in [9.17, 15) is 4.79 Å². The SMILES string of the molecule is C/C=C/C(=O)O.C=C.O. The van der Waals surface area contributed by atoms with Gasteiger partial charge in [0, 0.05) is 6.08 Å². The van der Waals surface area contributed by atoms with Crippen LogP contribution in [0.3, 0.4) is 0 Å². The standard InChI is InChI=1S/C4H6O2.C2H4.H2O/c1-2-3-4(5)6;1-2;/h2-3H,1H3,(H,5,6);1-2H2;1H2/b3-2+;;. The molecule has 9 heavy (non-hydrogen) atoms. The van der Waals surface area contributed by atoms with Crippen LogP contribution in [-0.4, -0.2) is 16.6 Å². The van der Waals surface area contributed by atoms with Crippen molar-refractivity contribution in [1.29, 1.82) is 0 Å². The van der Waals surface area contributed by atoms with Gasteiger partial charge in [0.15, 0.2) is 0 Å². The molecule has 0 aromatic rings. The third-order valence-electron chi connectivity index (χ3n) is 0.309. The Morgan fingerprint density at radius 1 is 1.56 bits per heavy atom. The summed E-state index contributed by atoms with van der Waals surface area (Å²) in [4.78, 5) is 9.51. The van der Waals surface area contributed by atoms with Crippen molar-refractivity contribution in [3.63, 3.8) is 0 Å². The lowest BCUT2D eigenvalue weighted by molar-refractivity contribution is -0.131. The van der Waals surface area contributed by atoms with Crippen molar-refractivity contribution in [3.05, 3.63) is 25.3 Å². The first-order chi connectivity index (χ1) is 3.77. The summed E-state index contributed by atoms with van der Waals surface area (Å²) in [5, 5.41) is 7.83. The first-order valence-corrected chi connectivity index (χ1v) is 2.13. The smallest absolute Gasteiger partial charge is 0.327 e. The van der Waals surface area contributed by atoms with E-state index in [4.69, 9.17) is 5.11 Å². The molecule has 0 aliphatic rings. The van der Waals surface area contributed by atoms with Gasteiger partial charge in [0.1, 0.15) is 0 Å². The van der Waals surface area contributed by atoms with E-state index in [-0.39, 0.29) is 5.48 Å². The van der Waals surface area contributed by atoms with Gasteiger partial charge in [-0.3, -0.25) is 0 Å². The second-order valence-electron chi connectivity index (χ2n) is 0.838. The molecule has 0 heterocycles. The molecule has 54 valence electrons. The van der Waals surface area contributed by atoms with E-state index in [0.717, 1.165) is 6.08 Å². The molecule has 0 spiro atoms. The van der Waals surface area contributed by atoms with E-state index in [0.29, 0.717) is 0 Å². The molecular weight excluding hydrogens is 120 g/mol. The Morgan fingerprint density at radius 2 is 1.89 bits per heavy atom. The zero-order chi connectivity index (χ0) is 6.99. The molecule has 0 unspecified atom stereocenters. The van der Waals surface area contributed by atoms with E-state index in [2.05, 4.69) is 13.2 Å². The molecule has 0 aromatic heterocycles. The molecule has 0 rings (SSSR count). The monoisotopic (exact) mass is 132 g/mol. The lowest BCUT2D eigenvalue weighted by Crippen LogP contribution is -1.83. The van der Waals surface area contributed by atoms with Crippen molar-refractivity contribution in [2.45, 2.75) is 6.92 Å². The summed E-state index contributed by atoms with van der Waals surface area (Å²) < 4.78 is 0. The Labute approximate surface area is 54.6 Å². The lowest BCUT2D eigenvalue weighted by Gasteiger charge is -1.68. The Kier molecular flexibility index (Phi) is 27.5. The van der Waals surface area contributed by atoms with Crippen LogP contribution in [0.25, 0.3) is 0 Å². The Morgan fingerprint density at radius 3 is 1.89 bits per heavy atom. The molecular formula is C6H12O3. The second-order valence-corrected chi connectivity index (χ2v) is 0.838. The van der Waals surface area contributed by atoms with Crippen LogP contribution in [0.1, 0.15) is 6.92 Å². The third-order valence-corrected chi connectivity index (χ3v) is 0.309. The van der Waals surface area contributed by atoms with Gasteiger partial charge in [-0.25, -0.2) is 4.79 Å². The normalized spacial score (nSPS) is 6.78. The minimum atomic E-state index is -0.891. The molecule has 0 aromatic carbocycles. The van der Waals surface area contributed by atoms with Crippen molar-refractivity contribution in [2.75, 3.05) is 0 Å². The molecule has 0 fully saturated rings. The molecule has 0 amide bonds. The van der Waals surface area contributed by atoms with Gasteiger partial charge < -0.3 is 10.6 Å². The predicted molar refractivity (Wildman–Crippen MR) is 37.3 cm³/mol. The number of hydrogen-bond acceptors (Lipinski definition) is 1. The Bertz CT molecular complexity index is 86.3. The second kappa shape index (κ2) is 15.8. The number of hydrogen-bond donors (Lipinski definition) is 1. The van der Waals surface area contributed by atoms with Gasteiger partial charge in [0.25, 0.3) is 0 Å². The Balaban J connectivity index is -0.000000109. The summed E-state index contributed by atoms with van der Waals surface area (Å²) in [6.07, 6.45) is 2.56. The fourth-order valence-corrected chi connectivity index (χ4v) is 0.143. The summed E-state index contributed by atoms with van der Waals surface area (Å²) in [6.45, 7) is 7.66. The first-order valence-electron chi connectivity index (χ1n) is 2.13. The zero-order valence-corrected chi connectivity index (χ0v) is 5.42. The molecule has 0 radical (unpaired) electrons. The summed E-state index contributed by atoms with van der Waals surface area (Å²) in [6, 6.07) is 0. The molecule has 0 bridgehead atoms. The molecule has 3 nitrogen and oxygen atoms in total. The van der Waals surface area contributed by atoms with Crippen molar-refractivity contribution in [2.24, 2.45) is 0 Å². The van der Waals surface area contributed by atoms with Crippen LogP contribution in [-0.2, 0) is 4.79 Å². The average Bonchev–Trinajstić information content (AvgIpc) is 1.72. The van der Waals surface area contributed by atoms with Crippen molar-refractivity contribution >= 4 is 5.97 Å². The quantitative estimate of drug-likeness (QED) is 0.420. The van der Waals surface area contributed by atoms with Crippen LogP contribution in [0.5, 0.6) is 0 Å². The van der Waals surface area contributed by atoms with Crippen LogP contribution in [0, 0.1) is 0 Å². The predicted octanol–water partition coefficient (Wildman–Crippen LogP) is 0.625. The van der Waals surface area contributed by atoms with Gasteiger partial charge in [-0.2, -0.15) is 0 Å². The zero-order valence-electron chi connectivity index (χ0n) is 5.42. The van der Waals surface area contributed by atoms with E-state index in [1.807, 2.05) is 0 Å². The van der Waals surface area contributed by atoms with Gasteiger partial charge in [-0.15, -0.1) is 13.2 Å². The maximum Gasteiger partial charge on any atom is 0.327 e. The maximum absolute atomic E-state index is 9.51. The van der Waals surface area contributed by atoms with Gasteiger partial charge in [0.2, 0.25) is 0 Å². The van der Waals surface area contributed by atoms with E-state index < -0.39 is 5.97 Å². The van der Waals surface area contributed by atoms with Crippen molar-refractivity contribution in [1.82, 2.24) is 0 Å². The topological polar surface area (TPSA) is 68.8 Å². The van der Waals surface area contributed by atoms with E-state index >= 15 is 0 Å². The highest BCUT2D eigenvalue weighted by Gasteiger charge is 1.76. The van der Waals surface area contributed by atoms with Crippen LogP contribution in [0.15, 0.2) is 25.3 Å². The fourth-order valence-electron chi connectivity index (χ4n) is 0.143. The third kappa shape index (κ3) is 45.7. The minimum Gasteiger partial charge on any atom is -0.478 e. The van der Waals surface area contributed by atoms with Gasteiger partial charge in [0.05, 0.1) is 0 Å². The van der Waals surface area contributed by atoms with Crippen molar-refractivity contribution < 1.29 is 15.4 Å². The van der Waals surface area contributed by atoms with Crippen molar-refractivity contribution in [3.8, 4) is 0 Å². The minimum absolute atomic E-state index is 0. The highest BCUT2D eigenvalue weighted by molar-refractivity contribution is 5.79. The molecule has 0 saturated carbocycles. The first kappa shape index (κ1) is 15.7. The highest BCUT2D eigenvalue weighted by atomic mass is 16.4. The number of carbonyl (C=O) groups is 1. The van der Waals surface area contributed by atoms with Crippen LogP contribution in [0.2, 0.25) is 0 Å². The summed E-state index contributed by atoms with van der Waals surface area (Å²) in [5.74, 6) is -0.891. The van der Waals surface area contributed by atoms with Gasteiger partial charge in [-0.1, -0.05) is 6.08 Å². The number of allylic oxidation sites excluding steroid dienone is 1. The fraction of sp³-hybridized carbons (Fsp3) is 0.167. The summed E-state index contributed by atoms with van der Waals surface area (Å²) in [7, 11) is 0. The largest absolute Gasteiger partial charge is 0.478 e. The highest BCUT2D eigenvalue weighted by Crippen LogP contribution is 1.65.